The summed E-state index contributed by atoms with van der Waals surface area (Å²) < 4.78 is 48.6. The highest BCUT2D eigenvalue weighted by atomic mass is 19.4. The summed E-state index contributed by atoms with van der Waals surface area (Å²) >= 11 is 0. The van der Waals surface area contributed by atoms with E-state index in [2.05, 4.69) is 20.1 Å². The molecule has 11 heteroatoms. The number of nitrogens with one attached hydrogen (secondary N) is 1. The van der Waals surface area contributed by atoms with Crippen molar-refractivity contribution in [3.05, 3.63) is 42.6 Å². The molecule has 1 N–H and O–H groups in total. The third-order valence-corrected chi connectivity index (χ3v) is 6.54. The number of ether oxygens (including phenoxy) is 2. The van der Waals surface area contributed by atoms with Gasteiger partial charge in [0.05, 0.1) is 0 Å². The number of carbonyl (C=O) groups excluding carboxylic acids is 1. The molecule has 192 valence electrons. The number of likely N-dealkylation sites (tertiary alicyclic amines) is 1. The molecule has 2 aromatic heterocycles. The minimum atomic E-state index is -4.74. The van der Waals surface area contributed by atoms with Gasteiger partial charge < -0.3 is 19.7 Å². The number of alkyl halides is 3. The summed E-state index contributed by atoms with van der Waals surface area (Å²) in [4.78, 5) is 19.1. The van der Waals surface area contributed by atoms with E-state index >= 15 is 0 Å². The Hall–Kier alpha value is -3.50. The zero-order valence-corrected chi connectivity index (χ0v) is 20.2. The quantitative estimate of drug-likeness (QED) is 0.517. The number of hydrogen-bond donors (Lipinski definition) is 1. The van der Waals surface area contributed by atoms with Crippen LogP contribution in [0.5, 0.6) is 5.75 Å². The molecule has 2 aliphatic rings. The van der Waals surface area contributed by atoms with Crippen molar-refractivity contribution >= 4 is 17.7 Å². The molecule has 1 aliphatic heterocycles. The predicted octanol–water partition coefficient (Wildman–Crippen LogP) is 5.35. The Morgan fingerprint density at radius 1 is 1.06 bits per heavy atom. The van der Waals surface area contributed by atoms with Crippen LogP contribution in [0.2, 0.25) is 0 Å². The molecule has 1 amide bonds. The van der Waals surface area contributed by atoms with E-state index in [1.807, 2.05) is 32.9 Å². The molecule has 2 bridgehead atoms. The van der Waals surface area contributed by atoms with Crippen molar-refractivity contribution in [2.75, 3.05) is 18.4 Å². The minimum absolute atomic E-state index is 0.142. The molecule has 3 aromatic rings. The van der Waals surface area contributed by atoms with E-state index in [0.717, 1.165) is 18.4 Å². The van der Waals surface area contributed by atoms with Gasteiger partial charge in [0.15, 0.2) is 5.65 Å². The van der Waals surface area contributed by atoms with E-state index in [0.29, 0.717) is 30.2 Å². The SMILES string of the molecule is CC(C)(C)OC(=O)N1CC2CCC(C1)C2Nc1nc2c(-c3ccc(OC(F)(F)F)cc3)cccn2n1. The van der Waals surface area contributed by atoms with E-state index in [9.17, 15) is 18.0 Å². The number of pyridine rings is 1. The summed E-state index contributed by atoms with van der Waals surface area (Å²) in [6.45, 7) is 6.83. The van der Waals surface area contributed by atoms with Gasteiger partial charge in [-0.15, -0.1) is 18.3 Å². The highest BCUT2D eigenvalue weighted by Gasteiger charge is 2.44. The number of hydrogen-bond acceptors (Lipinski definition) is 6. The molecule has 5 rings (SSSR count). The molecule has 2 fully saturated rings. The van der Waals surface area contributed by atoms with Gasteiger partial charge in [-0.2, -0.15) is 4.98 Å². The fourth-order valence-electron chi connectivity index (χ4n) is 5.11. The first-order valence-electron chi connectivity index (χ1n) is 11.9. The number of halogens is 3. The van der Waals surface area contributed by atoms with Gasteiger partial charge in [-0.25, -0.2) is 9.31 Å². The fourth-order valence-corrected chi connectivity index (χ4v) is 5.11. The molecule has 1 aliphatic carbocycles. The van der Waals surface area contributed by atoms with Crippen molar-refractivity contribution in [2.45, 2.75) is 51.6 Å². The highest BCUT2D eigenvalue weighted by molar-refractivity contribution is 5.78. The summed E-state index contributed by atoms with van der Waals surface area (Å²) in [6, 6.07) is 9.47. The third-order valence-electron chi connectivity index (χ3n) is 6.54. The maximum Gasteiger partial charge on any atom is 0.573 e. The van der Waals surface area contributed by atoms with E-state index in [1.54, 1.807) is 27.7 Å². The van der Waals surface area contributed by atoms with Gasteiger partial charge in [-0.05, 0) is 75.3 Å². The normalized spacial score (nSPS) is 22.1. The summed E-state index contributed by atoms with van der Waals surface area (Å²) in [5, 5.41) is 8.06. The average molecular weight is 504 g/mol. The molecule has 1 aromatic carbocycles. The van der Waals surface area contributed by atoms with Gasteiger partial charge in [0.1, 0.15) is 11.4 Å². The first kappa shape index (κ1) is 24.2. The lowest BCUT2D eigenvalue weighted by molar-refractivity contribution is -0.274. The summed E-state index contributed by atoms with van der Waals surface area (Å²) in [7, 11) is 0. The fraction of sp³-hybridized carbons (Fsp3) is 0.480. The molecule has 0 spiro atoms. The highest BCUT2D eigenvalue weighted by Crippen LogP contribution is 2.39. The molecular formula is C25H28F3N5O3. The van der Waals surface area contributed by atoms with Gasteiger partial charge in [-0.1, -0.05) is 12.1 Å². The molecule has 36 heavy (non-hydrogen) atoms. The standard InChI is InChI=1S/C25H28F3N5O3/c1-24(2,3)36-23(34)32-13-16-6-7-17(14-32)20(16)29-22-30-21-19(5-4-12-33(21)31-22)15-8-10-18(11-9-15)35-25(26,27)28/h4-5,8-12,16-17,20H,6-7,13-14H2,1-3H3,(H,29,31). The van der Waals surface area contributed by atoms with Crippen LogP contribution in [-0.2, 0) is 4.74 Å². The van der Waals surface area contributed by atoms with Crippen LogP contribution in [-0.4, -0.2) is 56.7 Å². The van der Waals surface area contributed by atoms with E-state index in [1.165, 1.54) is 12.1 Å². The summed E-state index contributed by atoms with van der Waals surface area (Å²) in [5.41, 5.74) is 1.48. The Morgan fingerprint density at radius 2 is 1.72 bits per heavy atom. The second kappa shape index (κ2) is 8.86. The number of aromatic nitrogens is 3. The number of amides is 1. The van der Waals surface area contributed by atoms with Crippen molar-refractivity contribution in [1.82, 2.24) is 19.5 Å². The van der Waals surface area contributed by atoms with Crippen molar-refractivity contribution in [2.24, 2.45) is 11.8 Å². The van der Waals surface area contributed by atoms with E-state index < -0.39 is 12.0 Å². The molecule has 0 radical (unpaired) electrons. The van der Waals surface area contributed by atoms with Crippen LogP contribution < -0.4 is 10.1 Å². The minimum Gasteiger partial charge on any atom is -0.444 e. The Labute approximate surface area is 206 Å². The Balaban J connectivity index is 1.32. The number of carbonyl (C=O) groups is 1. The largest absolute Gasteiger partial charge is 0.573 e. The van der Waals surface area contributed by atoms with Crippen molar-refractivity contribution < 1.29 is 27.4 Å². The summed E-state index contributed by atoms with van der Waals surface area (Å²) in [5.74, 6) is 0.731. The summed E-state index contributed by atoms with van der Waals surface area (Å²) in [6.07, 6.45) is -1.23. The molecule has 2 unspecified atom stereocenters. The van der Waals surface area contributed by atoms with Crippen molar-refractivity contribution in [3.8, 4) is 16.9 Å². The average Bonchev–Trinajstić information content (AvgIpc) is 3.28. The van der Waals surface area contributed by atoms with Gasteiger partial charge >= 0.3 is 12.5 Å². The second-order valence-corrected chi connectivity index (χ2v) is 10.4. The zero-order valence-electron chi connectivity index (χ0n) is 20.2. The number of piperidine rings is 1. The van der Waals surface area contributed by atoms with Crippen molar-refractivity contribution in [1.29, 1.82) is 0 Å². The topological polar surface area (TPSA) is 81.0 Å². The number of anilines is 1. The van der Waals surface area contributed by atoms with Crippen molar-refractivity contribution in [3.63, 3.8) is 0 Å². The van der Waals surface area contributed by atoms with Crippen LogP contribution >= 0.6 is 0 Å². The van der Waals surface area contributed by atoms with Crippen LogP contribution in [0.3, 0.4) is 0 Å². The van der Waals surface area contributed by atoms with Crippen LogP contribution in [0.1, 0.15) is 33.6 Å². The number of nitrogens with zero attached hydrogens (tertiary/aromatic N) is 4. The molecule has 1 saturated heterocycles. The molecule has 8 nitrogen and oxygen atoms in total. The Bertz CT molecular complexity index is 1240. The predicted molar refractivity (Wildman–Crippen MR) is 127 cm³/mol. The van der Waals surface area contributed by atoms with Gasteiger partial charge in [0.2, 0.25) is 5.95 Å². The lowest BCUT2D eigenvalue weighted by Gasteiger charge is -2.38. The van der Waals surface area contributed by atoms with Crippen LogP contribution in [0.15, 0.2) is 42.6 Å². The van der Waals surface area contributed by atoms with Crippen LogP contribution in [0.4, 0.5) is 23.9 Å². The Morgan fingerprint density at radius 3 is 2.33 bits per heavy atom. The number of rotatable bonds is 4. The smallest absolute Gasteiger partial charge is 0.444 e. The maximum absolute atomic E-state index is 12.6. The zero-order chi connectivity index (χ0) is 25.7. The molecule has 1 saturated carbocycles. The Kier molecular flexibility index (Phi) is 5.96. The molecular weight excluding hydrogens is 475 g/mol. The van der Waals surface area contributed by atoms with E-state index in [-0.39, 0.29) is 29.7 Å². The van der Waals surface area contributed by atoms with Crippen LogP contribution in [0, 0.1) is 11.8 Å². The van der Waals surface area contributed by atoms with Gasteiger partial charge in [-0.3, -0.25) is 0 Å². The lowest BCUT2D eigenvalue weighted by atomic mass is 9.92. The van der Waals surface area contributed by atoms with Gasteiger partial charge in [0, 0.05) is 30.9 Å². The first-order valence-corrected chi connectivity index (χ1v) is 11.9. The second-order valence-electron chi connectivity index (χ2n) is 10.4. The third kappa shape index (κ3) is 5.19. The van der Waals surface area contributed by atoms with E-state index in [4.69, 9.17) is 4.74 Å². The van der Waals surface area contributed by atoms with Crippen LogP contribution in [0.25, 0.3) is 16.8 Å². The monoisotopic (exact) mass is 503 g/mol. The molecule has 2 atom stereocenters. The lowest BCUT2D eigenvalue weighted by Crippen LogP contribution is -2.51. The molecule has 3 heterocycles. The van der Waals surface area contributed by atoms with Gasteiger partial charge in [0.25, 0.3) is 0 Å². The first-order chi connectivity index (χ1) is 16.9. The number of benzene rings is 1. The maximum atomic E-state index is 12.6. The number of fused-ring (bicyclic) bond motifs is 3.